The van der Waals surface area contributed by atoms with Crippen LogP contribution in [0.15, 0.2) is 67.5 Å². The Bertz CT molecular complexity index is 1490. The lowest BCUT2D eigenvalue weighted by molar-refractivity contribution is 1.10. The van der Waals surface area contributed by atoms with E-state index < -0.39 is 0 Å². The predicted molar refractivity (Wildman–Crippen MR) is 111 cm³/mol. The van der Waals surface area contributed by atoms with Gasteiger partial charge < -0.3 is 4.98 Å². The lowest BCUT2D eigenvalue weighted by atomic mass is 10.1. The van der Waals surface area contributed by atoms with Crippen LogP contribution in [0.1, 0.15) is 0 Å². The maximum Gasteiger partial charge on any atom is 0.161 e. The summed E-state index contributed by atoms with van der Waals surface area (Å²) in [5, 5.41) is 7.47. The Labute approximate surface area is 169 Å². The summed E-state index contributed by atoms with van der Waals surface area (Å²) in [6.45, 7) is 0. The number of aromatic nitrogens is 9. The van der Waals surface area contributed by atoms with Crippen LogP contribution >= 0.6 is 0 Å². The molecule has 0 atom stereocenters. The first-order valence-corrected chi connectivity index (χ1v) is 9.24. The lowest BCUT2D eigenvalue weighted by Crippen LogP contribution is -1.89. The number of fused-ring (bicyclic) bond motifs is 2. The van der Waals surface area contributed by atoms with Crippen LogP contribution in [0, 0.1) is 0 Å². The van der Waals surface area contributed by atoms with Crippen molar-refractivity contribution in [3.63, 3.8) is 0 Å². The molecule has 6 aromatic rings. The molecule has 0 saturated carbocycles. The van der Waals surface area contributed by atoms with Crippen molar-refractivity contribution in [2.24, 2.45) is 0 Å². The Balaban J connectivity index is 1.52. The minimum absolute atomic E-state index is 0.609. The van der Waals surface area contributed by atoms with Gasteiger partial charge in [0.05, 0.1) is 28.6 Å². The fourth-order valence-corrected chi connectivity index (χ4v) is 3.40. The highest BCUT2D eigenvalue weighted by molar-refractivity contribution is 5.94. The first-order valence-electron chi connectivity index (χ1n) is 9.24. The molecule has 0 bridgehead atoms. The minimum Gasteiger partial charge on any atom is -0.336 e. The highest BCUT2D eigenvalue weighted by atomic mass is 15.2. The molecular weight excluding hydrogens is 378 g/mol. The van der Waals surface area contributed by atoms with Crippen molar-refractivity contribution in [3.8, 4) is 34.2 Å². The number of rotatable bonds is 3. The molecule has 0 radical (unpaired) electrons. The largest absolute Gasteiger partial charge is 0.336 e. The molecule has 0 aliphatic heterocycles. The van der Waals surface area contributed by atoms with Crippen LogP contribution in [-0.2, 0) is 0 Å². The summed E-state index contributed by atoms with van der Waals surface area (Å²) in [6.07, 6.45) is 10.2. The summed E-state index contributed by atoms with van der Waals surface area (Å²) in [5.74, 6) is 0.609. The second-order valence-corrected chi connectivity index (χ2v) is 6.64. The number of H-pyrrole nitrogens is 2. The van der Waals surface area contributed by atoms with Crippen molar-refractivity contribution in [3.05, 3.63) is 67.5 Å². The summed E-state index contributed by atoms with van der Waals surface area (Å²) >= 11 is 0. The number of nitrogens with one attached hydrogen (secondary N) is 2. The highest BCUT2D eigenvalue weighted by Crippen LogP contribution is 2.30. The average molecular weight is 391 g/mol. The van der Waals surface area contributed by atoms with Crippen molar-refractivity contribution < 1.29 is 0 Å². The van der Waals surface area contributed by atoms with Gasteiger partial charge in [-0.25, -0.2) is 9.97 Å². The number of hydrogen-bond donors (Lipinski definition) is 2. The quantitative estimate of drug-likeness (QED) is 0.474. The summed E-state index contributed by atoms with van der Waals surface area (Å²) in [6, 6.07) is 9.54. The molecule has 6 aromatic heterocycles. The Morgan fingerprint density at radius 3 is 2.47 bits per heavy atom. The zero-order valence-corrected chi connectivity index (χ0v) is 15.5. The van der Waals surface area contributed by atoms with Crippen LogP contribution in [0.2, 0.25) is 0 Å². The van der Waals surface area contributed by atoms with E-state index in [0.717, 1.165) is 27.8 Å². The molecule has 30 heavy (non-hydrogen) atoms. The molecule has 2 N–H and O–H groups in total. The molecule has 0 aromatic carbocycles. The van der Waals surface area contributed by atoms with Gasteiger partial charge in [-0.2, -0.15) is 5.10 Å². The Morgan fingerprint density at radius 1 is 0.667 bits per heavy atom. The number of nitrogens with zero attached hydrogens (tertiary/aromatic N) is 7. The van der Waals surface area contributed by atoms with Crippen molar-refractivity contribution in [2.45, 2.75) is 0 Å². The Morgan fingerprint density at radius 2 is 1.60 bits per heavy atom. The van der Waals surface area contributed by atoms with Gasteiger partial charge >= 0.3 is 0 Å². The Hall–Kier alpha value is -4.53. The monoisotopic (exact) mass is 391 g/mol. The molecule has 0 fully saturated rings. The van der Waals surface area contributed by atoms with E-state index in [9.17, 15) is 0 Å². The van der Waals surface area contributed by atoms with Crippen LogP contribution in [0.3, 0.4) is 0 Å². The van der Waals surface area contributed by atoms with E-state index in [4.69, 9.17) is 9.97 Å². The van der Waals surface area contributed by atoms with Gasteiger partial charge in [0.15, 0.2) is 11.5 Å². The molecule has 0 saturated heterocycles. The van der Waals surface area contributed by atoms with E-state index in [1.807, 2.05) is 30.3 Å². The first-order chi connectivity index (χ1) is 14.9. The molecule has 0 unspecified atom stereocenters. The second-order valence-electron chi connectivity index (χ2n) is 6.64. The van der Waals surface area contributed by atoms with Gasteiger partial charge in [-0.15, -0.1) is 0 Å². The summed E-state index contributed by atoms with van der Waals surface area (Å²) in [7, 11) is 0. The summed E-state index contributed by atoms with van der Waals surface area (Å²) < 4.78 is 0. The molecule has 6 rings (SSSR count). The molecule has 9 nitrogen and oxygen atoms in total. The first kappa shape index (κ1) is 16.4. The molecule has 0 aliphatic rings. The van der Waals surface area contributed by atoms with E-state index in [0.29, 0.717) is 28.4 Å². The van der Waals surface area contributed by atoms with Crippen LogP contribution in [0.5, 0.6) is 0 Å². The van der Waals surface area contributed by atoms with E-state index in [1.54, 1.807) is 37.2 Å². The fourth-order valence-electron chi connectivity index (χ4n) is 3.40. The van der Waals surface area contributed by atoms with Crippen LogP contribution in [-0.4, -0.2) is 45.1 Å². The third kappa shape index (κ3) is 2.60. The number of aromatic amines is 2. The molecular formula is C21H13N9. The predicted octanol–water partition coefficient (Wildman–Crippen LogP) is 3.42. The standard InChI is InChI=1S/C21H13N9/c1-2-12(10-22-6-1)17-18-14(5-7-25-17)27-21(28-18)20-19-15(29-30-20)4-3-13(26-19)16-11-23-8-9-24-16/h1-11H,(H,27,28)(H,29,30). The zero-order valence-electron chi connectivity index (χ0n) is 15.5. The molecule has 142 valence electrons. The fraction of sp³-hybridized carbons (Fsp3) is 0. The van der Waals surface area contributed by atoms with E-state index in [-0.39, 0.29) is 0 Å². The summed E-state index contributed by atoms with van der Waals surface area (Å²) in [5.41, 5.74) is 6.82. The van der Waals surface area contributed by atoms with Gasteiger partial charge in [0.2, 0.25) is 0 Å². The maximum atomic E-state index is 4.79. The third-order valence-corrected chi connectivity index (χ3v) is 4.79. The summed E-state index contributed by atoms with van der Waals surface area (Å²) in [4.78, 5) is 30.0. The maximum absolute atomic E-state index is 4.79. The molecule has 6 heterocycles. The molecule has 0 spiro atoms. The van der Waals surface area contributed by atoms with Crippen LogP contribution in [0.25, 0.3) is 56.2 Å². The highest BCUT2D eigenvalue weighted by Gasteiger charge is 2.17. The lowest BCUT2D eigenvalue weighted by Gasteiger charge is -2.00. The number of pyridine rings is 3. The van der Waals surface area contributed by atoms with Gasteiger partial charge in [-0.05, 0) is 30.3 Å². The van der Waals surface area contributed by atoms with Crippen molar-refractivity contribution in [1.29, 1.82) is 0 Å². The molecule has 0 amide bonds. The SMILES string of the molecule is c1cncc(-c2nccc3[nH]c(-c4n[nH]c5ccc(-c6cnccn6)nc45)nc23)c1. The normalized spacial score (nSPS) is 11.3. The third-order valence-electron chi connectivity index (χ3n) is 4.79. The number of imidazole rings is 1. The Kier molecular flexibility index (Phi) is 3.57. The average Bonchev–Trinajstić information content (AvgIpc) is 3.43. The van der Waals surface area contributed by atoms with Gasteiger partial charge in [0.1, 0.15) is 16.7 Å². The molecule has 9 heteroatoms. The van der Waals surface area contributed by atoms with Gasteiger partial charge in [-0.1, -0.05) is 0 Å². The van der Waals surface area contributed by atoms with Gasteiger partial charge in [-0.3, -0.25) is 25.0 Å². The van der Waals surface area contributed by atoms with Crippen molar-refractivity contribution in [1.82, 2.24) is 45.1 Å². The van der Waals surface area contributed by atoms with E-state index >= 15 is 0 Å². The smallest absolute Gasteiger partial charge is 0.161 e. The molecule has 0 aliphatic carbocycles. The zero-order chi connectivity index (χ0) is 19.9. The minimum atomic E-state index is 0.609. The van der Waals surface area contributed by atoms with Crippen LogP contribution in [0.4, 0.5) is 0 Å². The van der Waals surface area contributed by atoms with Gasteiger partial charge in [0.25, 0.3) is 0 Å². The number of hydrogen-bond acceptors (Lipinski definition) is 7. The van der Waals surface area contributed by atoms with Crippen LogP contribution < -0.4 is 0 Å². The topological polar surface area (TPSA) is 122 Å². The van der Waals surface area contributed by atoms with Gasteiger partial charge in [0, 0.05) is 36.5 Å². The van der Waals surface area contributed by atoms with E-state index in [1.165, 1.54) is 0 Å². The van der Waals surface area contributed by atoms with Crippen molar-refractivity contribution in [2.75, 3.05) is 0 Å². The van der Waals surface area contributed by atoms with Crippen molar-refractivity contribution >= 4 is 22.1 Å². The van der Waals surface area contributed by atoms with E-state index in [2.05, 4.69) is 35.1 Å². The second kappa shape index (κ2) is 6.52.